The summed E-state index contributed by atoms with van der Waals surface area (Å²) >= 11 is 0. The summed E-state index contributed by atoms with van der Waals surface area (Å²) in [6, 6.07) is 11.8. The van der Waals surface area contributed by atoms with Crippen LogP contribution in [0.2, 0.25) is 0 Å². The first-order valence-corrected chi connectivity index (χ1v) is 7.84. The minimum absolute atomic E-state index is 0.379. The van der Waals surface area contributed by atoms with Crippen LogP contribution in [0.3, 0.4) is 0 Å². The number of piperidine rings is 1. The van der Waals surface area contributed by atoms with Crippen molar-refractivity contribution in [3.05, 3.63) is 35.9 Å². The molecule has 4 rings (SSSR count). The Morgan fingerprint density at radius 3 is 2.30 bits per heavy atom. The molecule has 3 fully saturated rings. The minimum Gasteiger partial charge on any atom is -0.389 e. The number of benzene rings is 1. The molecule has 3 heterocycles. The molecule has 1 aromatic rings. The average molecular weight is 273 g/mol. The fraction of sp³-hybridized carbons (Fsp3) is 0.647. The van der Waals surface area contributed by atoms with Gasteiger partial charge in [-0.2, -0.15) is 0 Å². The molecule has 3 aliphatic rings. The fourth-order valence-electron chi connectivity index (χ4n) is 4.28. The monoisotopic (exact) mass is 273 g/mol. The molecular formula is C17H23NO2. The minimum atomic E-state index is -0.461. The van der Waals surface area contributed by atoms with Crippen LogP contribution in [0.1, 0.15) is 31.2 Å². The van der Waals surface area contributed by atoms with Crippen LogP contribution in [0.15, 0.2) is 30.3 Å². The highest BCUT2D eigenvalue weighted by molar-refractivity contribution is 5.16. The van der Waals surface area contributed by atoms with E-state index < -0.39 is 5.60 Å². The number of fused-ring (bicyclic) bond motifs is 2. The second-order valence-electron chi connectivity index (χ2n) is 6.79. The van der Waals surface area contributed by atoms with Gasteiger partial charge in [0.1, 0.15) is 0 Å². The number of ether oxygens (including phenoxy) is 1. The van der Waals surface area contributed by atoms with E-state index >= 15 is 0 Å². The van der Waals surface area contributed by atoms with Gasteiger partial charge in [-0.3, -0.25) is 4.90 Å². The quantitative estimate of drug-likeness (QED) is 0.916. The van der Waals surface area contributed by atoms with Gasteiger partial charge in [0.2, 0.25) is 0 Å². The maximum Gasteiger partial charge on any atom is 0.0749 e. The van der Waals surface area contributed by atoms with Gasteiger partial charge in [-0.25, -0.2) is 0 Å². The first kappa shape index (κ1) is 12.8. The van der Waals surface area contributed by atoms with Crippen LogP contribution < -0.4 is 0 Å². The first-order valence-electron chi connectivity index (χ1n) is 7.84. The number of aliphatic hydroxyl groups is 1. The summed E-state index contributed by atoms with van der Waals surface area (Å²) in [4.78, 5) is 2.63. The normalized spacial score (nSPS) is 37.9. The smallest absolute Gasteiger partial charge is 0.0749 e. The van der Waals surface area contributed by atoms with Crippen LogP contribution in [-0.4, -0.2) is 40.9 Å². The molecule has 2 atom stereocenters. The lowest BCUT2D eigenvalue weighted by atomic mass is 9.75. The summed E-state index contributed by atoms with van der Waals surface area (Å²) in [5.41, 5.74) is 0.930. The predicted octanol–water partition coefficient (Wildman–Crippen LogP) is 2.19. The molecule has 3 heteroatoms. The molecule has 3 nitrogen and oxygen atoms in total. The van der Waals surface area contributed by atoms with Crippen molar-refractivity contribution in [2.45, 2.75) is 49.9 Å². The molecule has 2 unspecified atom stereocenters. The van der Waals surface area contributed by atoms with Crippen LogP contribution in [0.25, 0.3) is 0 Å². The van der Waals surface area contributed by atoms with E-state index in [0.29, 0.717) is 18.0 Å². The summed E-state index contributed by atoms with van der Waals surface area (Å²) in [6.45, 7) is 2.55. The maximum absolute atomic E-state index is 10.9. The van der Waals surface area contributed by atoms with Gasteiger partial charge in [-0.05, 0) is 31.2 Å². The Hall–Kier alpha value is -0.900. The number of nitrogens with zero attached hydrogens (tertiary/aromatic N) is 1. The van der Waals surface area contributed by atoms with Gasteiger partial charge in [0.05, 0.1) is 18.8 Å². The van der Waals surface area contributed by atoms with Crippen molar-refractivity contribution in [1.29, 1.82) is 0 Å². The molecule has 0 aliphatic carbocycles. The van der Waals surface area contributed by atoms with Crippen molar-refractivity contribution >= 4 is 0 Å². The van der Waals surface area contributed by atoms with E-state index in [2.05, 4.69) is 35.2 Å². The summed E-state index contributed by atoms with van der Waals surface area (Å²) < 4.78 is 5.29. The molecule has 108 valence electrons. The summed E-state index contributed by atoms with van der Waals surface area (Å²) in [7, 11) is 0. The lowest BCUT2D eigenvalue weighted by Gasteiger charge is -2.49. The van der Waals surface area contributed by atoms with Crippen LogP contribution in [0, 0.1) is 5.92 Å². The first-order chi connectivity index (χ1) is 9.74. The molecule has 3 aliphatic heterocycles. The molecule has 1 N–H and O–H groups in total. The number of hydrogen-bond acceptors (Lipinski definition) is 3. The van der Waals surface area contributed by atoms with Crippen LogP contribution >= 0.6 is 0 Å². The van der Waals surface area contributed by atoms with Gasteiger partial charge in [0, 0.05) is 24.5 Å². The third-order valence-corrected chi connectivity index (χ3v) is 5.56. The molecule has 1 aromatic carbocycles. The van der Waals surface area contributed by atoms with E-state index in [1.165, 1.54) is 18.4 Å². The molecule has 20 heavy (non-hydrogen) atoms. The van der Waals surface area contributed by atoms with E-state index in [9.17, 15) is 5.11 Å². The lowest BCUT2D eigenvalue weighted by molar-refractivity contribution is -0.176. The van der Waals surface area contributed by atoms with E-state index in [4.69, 9.17) is 4.74 Å². The van der Waals surface area contributed by atoms with E-state index in [0.717, 1.165) is 32.6 Å². The largest absolute Gasteiger partial charge is 0.389 e. The molecule has 2 bridgehead atoms. The Bertz CT molecular complexity index is 457. The lowest BCUT2D eigenvalue weighted by Crippen LogP contribution is -2.58. The Morgan fingerprint density at radius 1 is 1.10 bits per heavy atom. The van der Waals surface area contributed by atoms with Crippen LogP contribution in [0.4, 0.5) is 0 Å². The summed E-state index contributed by atoms with van der Waals surface area (Å²) in [5.74, 6) is 0.379. The Labute approximate surface area is 120 Å². The molecule has 0 saturated carbocycles. The average Bonchev–Trinajstić information content (AvgIpc) is 2.62. The third kappa shape index (κ3) is 2.09. The highest BCUT2D eigenvalue weighted by atomic mass is 16.5. The van der Waals surface area contributed by atoms with Gasteiger partial charge >= 0.3 is 0 Å². The molecule has 0 radical (unpaired) electrons. The topological polar surface area (TPSA) is 32.7 Å². The van der Waals surface area contributed by atoms with Gasteiger partial charge in [-0.1, -0.05) is 30.3 Å². The Kier molecular flexibility index (Phi) is 3.09. The standard InChI is InChI=1S/C17H23NO2/c19-17(14-11-20-12-14)8-15-6-7-16(9-17)18(15)10-13-4-2-1-3-5-13/h1-5,14-16,19H,6-12H2. The second kappa shape index (κ2) is 4.83. The van der Waals surface area contributed by atoms with Crippen molar-refractivity contribution in [1.82, 2.24) is 4.90 Å². The molecule has 0 spiro atoms. The second-order valence-corrected chi connectivity index (χ2v) is 6.79. The predicted molar refractivity (Wildman–Crippen MR) is 77.3 cm³/mol. The Morgan fingerprint density at radius 2 is 1.75 bits per heavy atom. The van der Waals surface area contributed by atoms with Crippen molar-refractivity contribution in [3.63, 3.8) is 0 Å². The van der Waals surface area contributed by atoms with E-state index in [-0.39, 0.29) is 0 Å². The molecule has 0 aromatic heterocycles. The molecule has 0 amide bonds. The van der Waals surface area contributed by atoms with E-state index in [1.54, 1.807) is 0 Å². The van der Waals surface area contributed by atoms with Gasteiger partial charge in [-0.15, -0.1) is 0 Å². The van der Waals surface area contributed by atoms with Crippen molar-refractivity contribution in [3.8, 4) is 0 Å². The molecule has 3 saturated heterocycles. The van der Waals surface area contributed by atoms with Crippen LogP contribution in [-0.2, 0) is 11.3 Å². The van der Waals surface area contributed by atoms with Gasteiger partial charge in [0.15, 0.2) is 0 Å². The maximum atomic E-state index is 10.9. The van der Waals surface area contributed by atoms with Gasteiger partial charge < -0.3 is 9.84 Å². The zero-order valence-electron chi connectivity index (χ0n) is 11.9. The third-order valence-electron chi connectivity index (χ3n) is 5.56. The van der Waals surface area contributed by atoms with Crippen molar-refractivity contribution < 1.29 is 9.84 Å². The van der Waals surface area contributed by atoms with Crippen LogP contribution in [0.5, 0.6) is 0 Å². The fourth-order valence-corrected chi connectivity index (χ4v) is 4.28. The highest BCUT2D eigenvalue weighted by Crippen LogP contribution is 2.46. The van der Waals surface area contributed by atoms with Gasteiger partial charge in [0.25, 0.3) is 0 Å². The van der Waals surface area contributed by atoms with E-state index in [1.807, 2.05) is 0 Å². The van der Waals surface area contributed by atoms with Crippen molar-refractivity contribution in [2.75, 3.05) is 13.2 Å². The zero-order chi connectivity index (χ0) is 13.6. The summed E-state index contributed by atoms with van der Waals surface area (Å²) in [6.07, 6.45) is 4.36. The zero-order valence-corrected chi connectivity index (χ0v) is 11.9. The SMILES string of the molecule is OC1(C2COC2)CC2CCC(C1)N2Cc1ccccc1. The van der Waals surface area contributed by atoms with Crippen molar-refractivity contribution in [2.24, 2.45) is 5.92 Å². The highest BCUT2D eigenvalue weighted by Gasteiger charge is 2.52. The summed E-state index contributed by atoms with van der Waals surface area (Å²) in [5, 5.41) is 10.9. The Balaban J connectivity index is 1.49. The molecular weight excluding hydrogens is 250 g/mol. The number of rotatable bonds is 3. The number of hydrogen-bond donors (Lipinski definition) is 1.